The fraction of sp³-hybridized carbons (Fsp3) is 0.458. The van der Waals surface area contributed by atoms with E-state index >= 15 is 0 Å². The van der Waals surface area contributed by atoms with Crippen molar-refractivity contribution in [1.29, 1.82) is 0 Å². The van der Waals surface area contributed by atoms with Crippen molar-refractivity contribution >= 4 is 34.4 Å². The summed E-state index contributed by atoms with van der Waals surface area (Å²) in [5.74, 6) is -2.76. The van der Waals surface area contributed by atoms with Gasteiger partial charge < -0.3 is 34.3 Å². The van der Waals surface area contributed by atoms with Gasteiger partial charge in [0.25, 0.3) is 6.01 Å². The largest absolute Gasteiger partial charge is 0.490 e. The molecule has 2 aromatic heterocycles. The van der Waals surface area contributed by atoms with Crippen LogP contribution in [0.3, 0.4) is 0 Å². The Labute approximate surface area is 223 Å². The SMILES string of the molecule is O=C(O)C(F)(F)F.O[C@@H]1CO[C@H]2[C@@H]1OC[C@H]2Oc1nc2nc(-c3ccc(N4CC[C@H](F)C4)cc3)c(Cl)cc2[nH]1. The number of nitrogens with zero attached hydrogens (tertiary/aromatic N) is 3. The molecule has 0 amide bonds. The molecule has 1 aromatic carbocycles. The third kappa shape index (κ3) is 5.88. The second kappa shape index (κ2) is 10.8. The lowest BCUT2D eigenvalue weighted by Crippen LogP contribution is -2.34. The number of aromatic nitrogens is 3. The normalized spacial score (nSPS) is 26.4. The summed E-state index contributed by atoms with van der Waals surface area (Å²) in [6.45, 7) is 1.70. The first-order valence-corrected chi connectivity index (χ1v) is 12.3. The maximum absolute atomic E-state index is 13.5. The first kappa shape index (κ1) is 27.4. The van der Waals surface area contributed by atoms with Gasteiger partial charge in [-0.05, 0) is 24.6 Å². The third-order valence-corrected chi connectivity index (χ3v) is 6.82. The van der Waals surface area contributed by atoms with Crippen LogP contribution in [0.5, 0.6) is 6.01 Å². The van der Waals surface area contributed by atoms with Crippen LogP contribution in [-0.2, 0) is 14.3 Å². The number of imidazole rings is 1. The van der Waals surface area contributed by atoms with Gasteiger partial charge in [-0.2, -0.15) is 18.2 Å². The number of nitrogens with one attached hydrogen (secondary N) is 1. The number of aliphatic carboxylic acids is 1. The maximum atomic E-state index is 13.5. The Balaban J connectivity index is 0.000000392. The van der Waals surface area contributed by atoms with E-state index in [1.54, 1.807) is 6.07 Å². The number of halogens is 5. The van der Waals surface area contributed by atoms with E-state index in [0.717, 1.165) is 17.8 Å². The van der Waals surface area contributed by atoms with Crippen molar-refractivity contribution < 1.29 is 46.8 Å². The van der Waals surface area contributed by atoms with Crippen molar-refractivity contribution in [2.45, 2.75) is 43.2 Å². The summed E-state index contributed by atoms with van der Waals surface area (Å²) >= 11 is 6.51. The summed E-state index contributed by atoms with van der Waals surface area (Å²) in [7, 11) is 0. The molecule has 210 valence electrons. The highest BCUT2D eigenvalue weighted by Crippen LogP contribution is 2.33. The van der Waals surface area contributed by atoms with Gasteiger partial charge in [0, 0.05) is 24.3 Å². The number of benzene rings is 1. The highest BCUT2D eigenvalue weighted by Gasteiger charge is 2.48. The zero-order valence-corrected chi connectivity index (χ0v) is 20.8. The molecule has 10 nitrogen and oxygen atoms in total. The summed E-state index contributed by atoms with van der Waals surface area (Å²) < 4.78 is 62.4. The Hall–Kier alpha value is -3.20. The highest BCUT2D eigenvalue weighted by atomic mass is 35.5. The van der Waals surface area contributed by atoms with E-state index in [1.807, 2.05) is 29.2 Å². The van der Waals surface area contributed by atoms with Gasteiger partial charge in [-0.25, -0.2) is 14.2 Å². The average molecular weight is 575 g/mol. The molecule has 3 fully saturated rings. The molecule has 0 saturated carbocycles. The number of carboxylic acid groups (broad SMARTS) is 1. The van der Waals surface area contributed by atoms with Gasteiger partial charge >= 0.3 is 12.1 Å². The lowest BCUT2D eigenvalue weighted by molar-refractivity contribution is -0.192. The van der Waals surface area contributed by atoms with Gasteiger partial charge in [-0.3, -0.25) is 0 Å². The van der Waals surface area contributed by atoms with Crippen LogP contribution in [0.1, 0.15) is 6.42 Å². The number of carboxylic acids is 1. The van der Waals surface area contributed by atoms with E-state index < -0.39 is 24.4 Å². The van der Waals surface area contributed by atoms with Crippen molar-refractivity contribution in [3.05, 3.63) is 35.4 Å². The zero-order valence-electron chi connectivity index (χ0n) is 20.1. The first-order valence-electron chi connectivity index (χ1n) is 11.9. The van der Waals surface area contributed by atoms with Crippen LogP contribution in [0.25, 0.3) is 22.4 Å². The molecule has 3 saturated heterocycles. The van der Waals surface area contributed by atoms with Crippen molar-refractivity contribution in [2.75, 3.05) is 31.2 Å². The van der Waals surface area contributed by atoms with E-state index in [-0.39, 0.29) is 24.9 Å². The molecular weight excluding hydrogens is 552 g/mol. The number of fused-ring (bicyclic) bond motifs is 2. The molecule has 3 aromatic rings. The minimum absolute atomic E-state index is 0.237. The summed E-state index contributed by atoms with van der Waals surface area (Å²) in [4.78, 5) is 23.1. The van der Waals surface area contributed by atoms with Crippen molar-refractivity contribution in [2.24, 2.45) is 0 Å². The van der Waals surface area contributed by atoms with E-state index in [2.05, 4.69) is 15.0 Å². The molecule has 3 aliphatic rings. The fourth-order valence-corrected chi connectivity index (χ4v) is 4.89. The number of hydrogen-bond acceptors (Lipinski definition) is 8. The molecule has 6 rings (SSSR count). The molecule has 0 unspecified atom stereocenters. The predicted octanol–water partition coefficient (Wildman–Crippen LogP) is 3.37. The lowest BCUT2D eigenvalue weighted by Gasteiger charge is -2.17. The average Bonchev–Trinajstić information content (AvgIpc) is 3.66. The second-order valence-corrected chi connectivity index (χ2v) is 9.64. The van der Waals surface area contributed by atoms with E-state index in [1.165, 1.54) is 0 Å². The number of aliphatic hydroxyl groups is 1. The van der Waals surface area contributed by atoms with E-state index in [4.69, 9.17) is 35.7 Å². The Morgan fingerprint density at radius 2 is 1.85 bits per heavy atom. The molecule has 0 bridgehead atoms. The Kier molecular flexibility index (Phi) is 7.55. The first-order chi connectivity index (χ1) is 18.5. The van der Waals surface area contributed by atoms with Gasteiger partial charge in [0.1, 0.15) is 24.5 Å². The van der Waals surface area contributed by atoms with Gasteiger partial charge in [-0.15, -0.1) is 0 Å². The van der Waals surface area contributed by atoms with E-state index in [9.17, 15) is 22.7 Å². The number of anilines is 1. The lowest BCUT2D eigenvalue weighted by atomic mass is 10.1. The molecule has 0 spiro atoms. The third-order valence-electron chi connectivity index (χ3n) is 6.53. The number of aliphatic hydroxyl groups excluding tert-OH is 1. The number of aromatic amines is 1. The number of pyridine rings is 1. The van der Waals surface area contributed by atoms with Crippen molar-refractivity contribution in [1.82, 2.24) is 15.0 Å². The maximum Gasteiger partial charge on any atom is 0.490 e. The van der Waals surface area contributed by atoms with Crippen molar-refractivity contribution in [3.63, 3.8) is 0 Å². The monoisotopic (exact) mass is 574 g/mol. The molecule has 0 radical (unpaired) electrons. The number of carbonyl (C=O) groups is 1. The number of rotatable bonds is 4. The zero-order chi connectivity index (χ0) is 27.9. The molecule has 39 heavy (non-hydrogen) atoms. The van der Waals surface area contributed by atoms with Crippen molar-refractivity contribution in [3.8, 4) is 17.3 Å². The van der Waals surface area contributed by atoms with Crippen LogP contribution in [-0.4, -0.2) is 94.2 Å². The second-order valence-electron chi connectivity index (χ2n) is 9.23. The smallest absolute Gasteiger partial charge is 0.475 e. The predicted molar refractivity (Wildman–Crippen MR) is 130 cm³/mol. The Morgan fingerprint density at radius 3 is 2.49 bits per heavy atom. The summed E-state index contributed by atoms with van der Waals surface area (Å²) in [5, 5.41) is 17.5. The topological polar surface area (TPSA) is 130 Å². The molecule has 3 aliphatic heterocycles. The number of ether oxygens (including phenoxy) is 3. The van der Waals surface area contributed by atoms with E-state index in [0.29, 0.717) is 47.5 Å². The quantitative estimate of drug-likeness (QED) is 0.402. The number of H-pyrrole nitrogens is 1. The molecule has 0 aliphatic carbocycles. The highest BCUT2D eigenvalue weighted by molar-refractivity contribution is 6.33. The minimum Gasteiger partial charge on any atom is -0.475 e. The summed E-state index contributed by atoms with van der Waals surface area (Å²) in [5.41, 5.74) is 3.57. The Morgan fingerprint density at radius 1 is 1.15 bits per heavy atom. The van der Waals surface area contributed by atoms with Crippen LogP contribution in [0.2, 0.25) is 5.02 Å². The Bertz CT molecular complexity index is 1340. The van der Waals surface area contributed by atoms with Gasteiger partial charge in [0.05, 0.1) is 29.4 Å². The van der Waals surface area contributed by atoms with Crippen LogP contribution >= 0.6 is 11.6 Å². The fourth-order valence-electron chi connectivity index (χ4n) is 4.62. The molecular formula is C24H23ClF4N4O6. The minimum atomic E-state index is -5.08. The van der Waals surface area contributed by atoms with Crippen LogP contribution < -0.4 is 9.64 Å². The molecule has 3 N–H and O–H groups in total. The summed E-state index contributed by atoms with van der Waals surface area (Å²) in [6, 6.07) is 9.85. The standard InChI is InChI=1S/C22H22ClFN4O4.C2HF3O2/c23-14-7-15-21(27-22(25-15)32-17-10-31-19-16(29)9-30-20(17)19)26-18(14)11-1-3-13(4-2-11)28-6-5-12(24)8-28;3-2(4,5)1(6)7/h1-4,7,12,16-17,19-20,29H,5-6,8-10H2,(H,25,26,27);(H,6,7)/t12-,16+,17+,19+,20+;/m0./s1. The van der Waals surface area contributed by atoms with Crippen LogP contribution in [0.4, 0.5) is 23.2 Å². The van der Waals surface area contributed by atoms with Gasteiger partial charge in [0.2, 0.25) is 0 Å². The molecule has 15 heteroatoms. The van der Waals surface area contributed by atoms with Crippen LogP contribution in [0, 0.1) is 0 Å². The number of hydrogen-bond donors (Lipinski definition) is 3. The number of alkyl halides is 4. The summed E-state index contributed by atoms with van der Waals surface area (Å²) in [6.07, 6.45) is -6.99. The molecule has 5 heterocycles. The van der Waals surface area contributed by atoms with Gasteiger partial charge in [-0.1, -0.05) is 23.7 Å². The van der Waals surface area contributed by atoms with Crippen LogP contribution in [0.15, 0.2) is 30.3 Å². The molecule has 5 atom stereocenters. The van der Waals surface area contributed by atoms with Gasteiger partial charge in [0.15, 0.2) is 11.8 Å².